The number of fused-ring (bicyclic) bond motifs is 1. The fourth-order valence-corrected chi connectivity index (χ4v) is 2.18. The summed E-state index contributed by atoms with van der Waals surface area (Å²) in [5.41, 5.74) is 3.44. The van der Waals surface area contributed by atoms with Crippen LogP contribution in [0, 0.1) is 0 Å². The third-order valence-corrected chi connectivity index (χ3v) is 3.42. The average Bonchev–Trinajstić information content (AvgIpc) is 2.40. The third kappa shape index (κ3) is 2.71. The SMILES string of the molecule is C[C@@H](CO)NCc1ccc2c(c1)CCC(=O)N2C. The van der Waals surface area contributed by atoms with E-state index >= 15 is 0 Å². The van der Waals surface area contributed by atoms with Gasteiger partial charge < -0.3 is 15.3 Å². The normalized spacial score (nSPS) is 16.6. The van der Waals surface area contributed by atoms with Crippen LogP contribution in [-0.4, -0.2) is 30.7 Å². The molecule has 18 heavy (non-hydrogen) atoms. The van der Waals surface area contributed by atoms with Crippen molar-refractivity contribution in [3.63, 3.8) is 0 Å². The van der Waals surface area contributed by atoms with Crippen LogP contribution in [0.25, 0.3) is 0 Å². The van der Waals surface area contributed by atoms with E-state index in [2.05, 4.69) is 11.4 Å². The molecule has 0 fully saturated rings. The zero-order chi connectivity index (χ0) is 13.1. The van der Waals surface area contributed by atoms with Gasteiger partial charge in [-0.2, -0.15) is 0 Å². The number of anilines is 1. The number of aliphatic hydroxyl groups excluding tert-OH is 1. The second-order valence-electron chi connectivity index (χ2n) is 4.88. The first-order valence-corrected chi connectivity index (χ1v) is 6.34. The summed E-state index contributed by atoms with van der Waals surface area (Å²) in [4.78, 5) is 13.3. The maximum Gasteiger partial charge on any atom is 0.227 e. The number of aryl methyl sites for hydroxylation is 1. The molecule has 0 aromatic heterocycles. The molecule has 1 amide bonds. The minimum Gasteiger partial charge on any atom is -0.395 e. The van der Waals surface area contributed by atoms with Gasteiger partial charge in [0.25, 0.3) is 0 Å². The van der Waals surface area contributed by atoms with Crippen molar-refractivity contribution in [2.24, 2.45) is 0 Å². The van der Waals surface area contributed by atoms with Crippen LogP contribution in [0.1, 0.15) is 24.5 Å². The standard InChI is InChI=1S/C14H20N2O2/c1-10(9-17)15-8-11-3-5-13-12(7-11)4-6-14(18)16(13)2/h3,5,7,10,15,17H,4,6,8-9H2,1-2H3/t10-/m0/s1. The van der Waals surface area contributed by atoms with Crippen LogP contribution in [0.2, 0.25) is 0 Å². The summed E-state index contributed by atoms with van der Waals surface area (Å²) in [5, 5.41) is 12.2. The fraction of sp³-hybridized carbons (Fsp3) is 0.500. The maximum absolute atomic E-state index is 11.6. The second kappa shape index (κ2) is 5.50. The van der Waals surface area contributed by atoms with Gasteiger partial charge in [-0.15, -0.1) is 0 Å². The van der Waals surface area contributed by atoms with Gasteiger partial charge in [-0.3, -0.25) is 4.79 Å². The first kappa shape index (κ1) is 13.1. The maximum atomic E-state index is 11.6. The number of carbonyl (C=O) groups excluding carboxylic acids is 1. The summed E-state index contributed by atoms with van der Waals surface area (Å²) in [5.74, 6) is 0.183. The van der Waals surface area contributed by atoms with Gasteiger partial charge in [0.1, 0.15) is 0 Å². The van der Waals surface area contributed by atoms with Crippen LogP contribution >= 0.6 is 0 Å². The number of rotatable bonds is 4. The van der Waals surface area contributed by atoms with Crippen LogP contribution in [0.3, 0.4) is 0 Å². The van der Waals surface area contributed by atoms with Crippen molar-refractivity contribution in [1.82, 2.24) is 5.32 Å². The van der Waals surface area contributed by atoms with E-state index in [1.54, 1.807) is 4.90 Å². The van der Waals surface area contributed by atoms with Crippen molar-refractivity contribution >= 4 is 11.6 Å². The largest absolute Gasteiger partial charge is 0.395 e. The molecule has 1 aliphatic rings. The van der Waals surface area contributed by atoms with Gasteiger partial charge in [-0.25, -0.2) is 0 Å². The van der Waals surface area contributed by atoms with E-state index in [0.29, 0.717) is 6.42 Å². The smallest absolute Gasteiger partial charge is 0.227 e. The number of aliphatic hydroxyl groups is 1. The summed E-state index contributed by atoms with van der Waals surface area (Å²) in [7, 11) is 1.83. The zero-order valence-electron chi connectivity index (χ0n) is 10.9. The van der Waals surface area contributed by atoms with E-state index in [0.717, 1.165) is 18.7 Å². The van der Waals surface area contributed by atoms with Crippen molar-refractivity contribution < 1.29 is 9.90 Å². The van der Waals surface area contributed by atoms with Crippen LogP contribution in [0.5, 0.6) is 0 Å². The molecule has 1 atom stereocenters. The van der Waals surface area contributed by atoms with Gasteiger partial charge in [0.15, 0.2) is 0 Å². The molecule has 1 aliphatic heterocycles. The minimum absolute atomic E-state index is 0.102. The predicted molar refractivity (Wildman–Crippen MR) is 71.6 cm³/mol. The molecule has 0 saturated carbocycles. The van der Waals surface area contributed by atoms with E-state index in [1.807, 2.05) is 26.1 Å². The van der Waals surface area contributed by atoms with Gasteiger partial charge >= 0.3 is 0 Å². The lowest BCUT2D eigenvalue weighted by Gasteiger charge is -2.26. The van der Waals surface area contributed by atoms with E-state index < -0.39 is 0 Å². The molecule has 0 unspecified atom stereocenters. The van der Waals surface area contributed by atoms with E-state index in [4.69, 9.17) is 5.11 Å². The second-order valence-corrected chi connectivity index (χ2v) is 4.88. The van der Waals surface area contributed by atoms with Crippen LogP contribution in [0.4, 0.5) is 5.69 Å². The predicted octanol–water partition coefficient (Wildman–Crippen LogP) is 1.07. The molecule has 0 bridgehead atoms. The number of nitrogens with zero attached hydrogens (tertiary/aromatic N) is 1. The van der Waals surface area contributed by atoms with Crippen molar-refractivity contribution in [1.29, 1.82) is 0 Å². The molecular weight excluding hydrogens is 228 g/mol. The molecule has 2 N–H and O–H groups in total. The lowest BCUT2D eigenvalue weighted by molar-refractivity contribution is -0.118. The highest BCUT2D eigenvalue weighted by atomic mass is 16.3. The molecule has 1 aromatic rings. The quantitative estimate of drug-likeness (QED) is 0.838. The van der Waals surface area contributed by atoms with Gasteiger partial charge in [0, 0.05) is 31.7 Å². The number of benzene rings is 1. The van der Waals surface area contributed by atoms with Crippen LogP contribution in [0.15, 0.2) is 18.2 Å². The van der Waals surface area contributed by atoms with Crippen molar-refractivity contribution in [3.05, 3.63) is 29.3 Å². The Bertz CT molecular complexity index is 445. The summed E-state index contributed by atoms with van der Waals surface area (Å²) in [6.45, 7) is 2.83. The Labute approximate surface area is 108 Å². The lowest BCUT2D eigenvalue weighted by atomic mass is 9.99. The first-order valence-electron chi connectivity index (χ1n) is 6.34. The molecule has 0 aliphatic carbocycles. The van der Waals surface area contributed by atoms with E-state index in [1.165, 1.54) is 11.1 Å². The molecule has 0 saturated heterocycles. The first-order chi connectivity index (χ1) is 8.61. The number of nitrogens with one attached hydrogen (secondary N) is 1. The average molecular weight is 248 g/mol. The Kier molecular flexibility index (Phi) is 3.99. The molecule has 1 aromatic carbocycles. The minimum atomic E-state index is 0.102. The highest BCUT2D eigenvalue weighted by Crippen LogP contribution is 2.27. The Morgan fingerprint density at radius 1 is 1.44 bits per heavy atom. The van der Waals surface area contributed by atoms with E-state index in [9.17, 15) is 4.79 Å². The Hall–Kier alpha value is -1.39. The molecule has 0 spiro atoms. The zero-order valence-corrected chi connectivity index (χ0v) is 10.9. The summed E-state index contributed by atoms with van der Waals surface area (Å²) >= 11 is 0. The fourth-order valence-electron chi connectivity index (χ4n) is 2.18. The summed E-state index contributed by atoms with van der Waals surface area (Å²) < 4.78 is 0. The van der Waals surface area contributed by atoms with Crippen molar-refractivity contribution in [2.75, 3.05) is 18.6 Å². The van der Waals surface area contributed by atoms with Crippen LogP contribution < -0.4 is 10.2 Å². The Balaban J connectivity index is 2.10. The van der Waals surface area contributed by atoms with Gasteiger partial charge in [-0.1, -0.05) is 12.1 Å². The van der Waals surface area contributed by atoms with Gasteiger partial charge in [0.2, 0.25) is 5.91 Å². The summed E-state index contributed by atoms with van der Waals surface area (Å²) in [6.07, 6.45) is 1.41. The summed E-state index contributed by atoms with van der Waals surface area (Å²) in [6, 6.07) is 6.29. The van der Waals surface area contributed by atoms with Crippen LogP contribution in [-0.2, 0) is 17.8 Å². The highest BCUT2D eigenvalue weighted by molar-refractivity contribution is 5.95. The molecule has 4 heteroatoms. The number of hydrogen-bond acceptors (Lipinski definition) is 3. The van der Waals surface area contributed by atoms with E-state index in [-0.39, 0.29) is 18.6 Å². The van der Waals surface area contributed by atoms with Crippen molar-refractivity contribution in [2.45, 2.75) is 32.4 Å². The third-order valence-electron chi connectivity index (χ3n) is 3.42. The van der Waals surface area contributed by atoms with Gasteiger partial charge in [0.05, 0.1) is 6.61 Å². The number of carbonyl (C=O) groups is 1. The number of amides is 1. The monoisotopic (exact) mass is 248 g/mol. The molecule has 2 rings (SSSR count). The Morgan fingerprint density at radius 2 is 2.22 bits per heavy atom. The Morgan fingerprint density at radius 3 is 2.94 bits per heavy atom. The number of hydrogen-bond donors (Lipinski definition) is 2. The topological polar surface area (TPSA) is 52.6 Å². The molecule has 98 valence electrons. The molecular formula is C14H20N2O2. The highest BCUT2D eigenvalue weighted by Gasteiger charge is 2.20. The molecule has 0 radical (unpaired) electrons. The molecule has 1 heterocycles. The lowest BCUT2D eigenvalue weighted by Crippen LogP contribution is -2.31. The van der Waals surface area contributed by atoms with Gasteiger partial charge in [-0.05, 0) is 30.5 Å². The molecule has 4 nitrogen and oxygen atoms in total. The van der Waals surface area contributed by atoms with Crippen molar-refractivity contribution in [3.8, 4) is 0 Å².